The summed E-state index contributed by atoms with van der Waals surface area (Å²) < 4.78 is 25.5. The number of carbonyl (C=O) groups is 2. The van der Waals surface area contributed by atoms with Gasteiger partial charge in [0.2, 0.25) is 0 Å². The number of amides is 1. The summed E-state index contributed by atoms with van der Waals surface area (Å²) in [6, 6.07) is 2.60. The number of hydrogen-bond donors (Lipinski definition) is 1. The van der Waals surface area contributed by atoms with E-state index in [1.54, 1.807) is 0 Å². The van der Waals surface area contributed by atoms with Crippen molar-refractivity contribution < 1.29 is 38.2 Å². The van der Waals surface area contributed by atoms with Crippen molar-refractivity contribution in [3.05, 3.63) is 40.0 Å². The molecule has 0 saturated carbocycles. The van der Waals surface area contributed by atoms with Crippen LogP contribution in [0.5, 0.6) is 11.5 Å². The Labute approximate surface area is 174 Å². The molecular formula is C19H26N2O9. The number of nitro benzene ring substituents is 1. The average Bonchev–Trinajstić information content (AvgIpc) is 2.71. The summed E-state index contributed by atoms with van der Waals surface area (Å²) in [5, 5.41) is 13.8. The number of nitrogens with zero attached hydrogens (tertiary/aromatic N) is 1. The van der Waals surface area contributed by atoms with E-state index in [-0.39, 0.29) is 49.1 Å². The molecule has 0 radical (unpaired) electrons. The van der Waals surface area contributed by atoms with Gasteiger partial charge in [0, 0.05) is 12.1 Å². The molecule has 0 aromatic heterocycles. The van der Waals surface area contributed by atoms with Gasteiger partial charge in [-0.3, -0.25) is 10.1 Å². The van der Waals surface area contributed by atoms with E-state index >= 15 is 0 Å². The Balaban J connectivity index is 2.51. The standard InChI is InChI=1S/C19H26N2O9/c1-12(2)18(22)29-9-8-28-7-6-20-19(23)30-13(3)14-10-16(26-4)17(27-5)11-15(14)21(24)25/h10-11,13H,1,6-9H2,2-5H3,(H,20,23). The van der Waals surface area contributed by atoms with Crippen LogP contribution in [0.25, 0.3) is 0 Å². The fourth-order valence-corrected chi connectivity index (χ4v) is 2.28. The number of esters is 1. The predicted octanol–water partition coefficient (Wildman–Crippen LogP) is 2.54. The second kappa shape index (κ2) is 12.3. The molecule has 166 valence electrons. The molecule has 1 aromatic carbocycles. The molecule has 0 aliphatic rings. The minimum atomic E-state index is -0.923. The van der Waals surface area contributed by atoms with Crippen LogP contribution in [0.3, 0.4) is 0 Å². The Morgan fingerprint density at radius 1 is 1.17 bits per heavy atom. The molecule has 11 heteroatoms. The topological polar surface area (TPSA) is 135 Å². The van der Waals surface area contributed by atoms with Crippen LogP contribution in [-0.2, 0) is 19.0 Å². The molecule has 0 heterocycles. The Hall–Kier alpha value is -3.34. The summed E-state index contributed by atoms with van der Waals surface area (Å²) in [5.41, 5.74) is 0.187. The lowest BCUT2D eigenvalue weighted by molar-refractivity contribution is -0.386. The lowest BCUT2D eigenvalue weighted by atomic mass is 10.1. The summed E-state index contributed by atoms with van der Waals surface area (Å²) in [6.07, 6.45) is -1.70. The first kappa shape index (κ1) is 24.7. The Morgan fingerprint density at radius 2 is 1.80 bits per heavy atom. The minimum Gasteiger partial charge on any atom is -0.493 e. The normalized spacial score (nSPS) is 11.2. The molecule has 30 heavy (non-hydrogen) atoms. The lowest BCUT2D eigenvalue weighted by Gasteiger charge is -2.16. The molecule has 1 amide bonds. The number of nitrogens with one attached hydrogen (secondary N) is 1. The van der Waals surface area contributed by atoms with Crippen molar-refractivity contribution in [2.75, 3.05) is 40.6 Å². The molecule has 0 bridgehead atoms. The van der Waals surface area contributed by atoms with Crippen molar-refractivity contribution in [2.24, 2.45) is 0 Å². The van der Waals surface area contributed by atoms with Crippen molar-refractivity contribution in [2.45, 2.75) is 20.0 Å². The molecule has 0 aliphatic heterocycles. The molecule has 1 unspecified atom stereocenters. The number of rotatable bonds is 12. The maximum atomic E-state index is 11.9. The molecule has 1 aromatic rings. The van der Waals surface area contributed by atoms with Gasteiger partial charge >= 0.3 is 12.1 Å². The Kier molecular flexibility index (Phi) is 10.1. The number of alkyl carbamates (subject to hydrolysis) is 1. The molecule has 1 N–H and O–H groups in total. The first-order valence-corrected chi connectivity index (χ1v) is 8.96. The highest BCUT2D eigenvalue weighted by Crippen LogP contribution is 2.38. The van der Waals surface area contributed by atoms with Crippen LogP contribution >= 0.6 is 0 Å². The maximum Gasteiger partial charge on any atom is 0.407 e. The zero-order valence-electron chi connectivity index (χ0n) is 17.4. The van der Waals surface area contributed by atoms with Crippen LogP contribution in [0.2, 0.25) is 0 Å². The molecule has 1 rings (SSSR count). The summed E-state index contributed by atoms with van der Waals surface area (Å²) >= 11 is 0. The first-order valence-electron chi connectivity index (χ1n) is 8.96. The number of benzene rings is 1. The number of carbonyl (C=O) groups excluding carboxylic acids is 2. The summed E-state index contributed by atoms with van der Waals surface area (Å²) in [7, 11) is 2.76. The van der Waals surface area contributed by atoms with E-state index in [0.29, 0.717) is 5.57 Å². The number of ether oxygens (including phenoxy) is 5. The molecule has 1 atom stereocenters. The van der Waals surface area contributed by atoms with E-state index in [2.05, 4.69) is 11.9 Å². The van der Waals surface area contributed by atoms with Gasteiger partial charge in [-0.05, 0) is 19.9 Å². The van der Waals surface area contributed by atoms with Gasteiger partial charge in [-0.15, -0.1) is 0 Å². The molecule has 0 spiro atoms. The SMILES string of the molecule is C=C(C)C(=O)OCCOCCNC(=O)OC(C)c1cc(OC)c(OC)cc1[N+](=O)[O-]. The van der Waals surface area contributed by atoms with Crippen molar-refractivity contribution in [3.8, 4) is 11.5 Å². The number of nitro groups is 1. The van der Waals surface area contributed by atoms with E-state index in [9.17, 15) is 19.7 Å². The van der Waals surface area contributed by atoms with E-state index in [1.165, 1.54) is 40.2 Å². The van der Waals surface area contributed by atoms with E-state index in [0.717, 1.165) is 0 Å². The third-order valence-electron chi connectivity index (χ3n) is 3.78. The fourth-order valence-electron chi connectivity index (χ4n) is 2.28. The zero-order valence-corrected chi connectivity index (χ0v) is 17.4. The van der Waals surface area contributed by atoms with Crippen molar-refractivity contribution >= 4 is 17.7 Å². The van der Waals surface area contributed by atoms with Gasteiger partial charge in [-0.25, -0.2) is 9.59 Å². The van der Waals surface area contributed by atoms with Gasteiger partial charge < -0.3 is 29.0 Å². The van der Waals surface area contributed by atoms with Crippen LogP contribution in [-0.4, -0.2) is 57.6 Å². The summed E-state index contributed by atoms with van der Waals surface area (Å²) in [6.45, 7) is 7.01. The summed E-state index contributed by atoms with van der Waals surface area (Å²) in [4.78, 5) is 33.9. The highest BCUT2D eigenvalue weighted by molar-refractivity contribution is 5.86. The zero-order chi connectivity index (χ0) is 22.7. The largest absolute Gasteiger partial charge is 0.493 e. The first-order chi connectivity index (χ1) is 14.2. The van der Waals surface area contributed by atoms with E-state index in [1.807, 2.05) is 0 Å². The van der Waals surface area contributed by atoms with Gasteiger partial charge in [-0.1, -0.05) is 6.58 Å². The van der Waals surface area contributed by atoms with E-state index in [4.69, 9.17) is 23.7 Å². The van der Waals surface area contributed by atoms with Crippen molar-refractivity contribution in [1.29, 1.82) is 0 Å². The Morgan fingerprint density at radius 3 is 2.37 bits per heavy atom. The van der Waals surface area contributed by atoms with Crippen LogP contribution in [0.15, 0.2) is 24.3 Å². The van der Waals surface area contributed by atoms with Gasteiger partial charge in [-0.2, -0.15) is 0 Å². The number of hydrogen-bond acceptors (Lipinski definition) is 9. The molecular weight excluding hydrogens is 400 g/mol. The predicted molar refractivity (Wildman–Crippen MR) is 106 cm³/mol. The second-order valence-electron chi connectivity index (χ2n) is 6.03. The fraction of sp³-hybridized carbons (Fsp3) is 0.474. The number of methoxy groups -OCH3 is 2. The average molecular weight is 426 g/mol. The molecule has 0 saturated heterocycles. The maximum absolute atomic E-state index is 11.9. The highest BCUT2D eigenvalue weighted by atomic mass is 16.6. The van der Waals surface area contributed by atoms with Gasteiger partial charge in [0.15, 0.2) is 11.5 Å². The molecule has 0 aliphatic carbocycles. The Bertz CT molecular complexity index is 780. The summed E-state index contributed by atoms with van der Waals surface area (Å²) in [5.74, 6) is -0.0380. The van der Waals surface area contributed by atoms with Crippen molar-refractivity contribution in [1.82, 2.24) is 5.32 Å². The minimum absolute atomic E-state index is 0.0656. The quantitative estimate of drug-likeness (QED) is 0.176. The van der Waals surface area contributed by atoms with E-state index < -0.39 is 23.1 Å². The molecule has 11 nitrogen and oxygen atoms in total. The second-order valence-corrected chi connectivity index (χ2v) is 6.03. The third-order valence-corrected chi connectivity index (χ3v) is 3.78. The smallest absolute Gasteiger partial charge is 0.407 e. The molecule has 0 fully saturated rings. The highest BCUT2D eigenvalue weighted by Gasteiger charge is 2.25. The third kappa shape index (κ3) is 7.59. The van der Waals surface area contributed by atoms with Crippen LogP contribution in [0, 0.1) is 10.1 Å². The van der Waals surface area contributed by atoms with Crippen LogP contribution < -0.4 is 14.8 Å². The van der Waals surface area contributed by atoms with Gasteiger partial charge in [0.1, 0.15) is 12.7 Å². The van der Waals surface area contributed by atoms with Crippen LogP contribution in [0.1, 0.15) is 25.5 Å². The van der Waals surface area contributed by atoms with Gasteiger partial charge in [0.05, 0.1) is 44.0 Å². The van der Waals surface area contributed by atoms with Crippen LogP contribution in [0.4, 0.5) is 10.5 Å². The lowest BCUT2D eigenvalue weighted by Crippen LogP contribution is -2.29. The van der Waals surface area contributed by atoms with Crippen molar-refractivity contribution in [3.63, 3.8) is 0 Å². The van der Waals surface area contributed by atoms with Gasteiger partial charge in [0.25, 0.3) is 5.69 Å². The monoisotopic (exact) mass is 426 g/mol.